The summed E-state index contributed by atoms with van der Waals surface area (Å²) in [7, 11) is -3.45. The molecule has 7 nitrogen and oxygen atoms in total. The number of nitrogens with zero attached hydrogens (tertiary/aromatic N) is 2. The molecule has 1 amide bonds. The first-order chi connectivity index (χ1) is 11.8. The summed E-state index contributed by atoms with van der Waals surface area (Å²) in [5.41, 5.74) is 0.0651. The van der Waals surface area contributed by atoms with E-state index in [4.69, 9.17) is 16.0 Å². The smallest absolute Gasteiger partial charge is 0.258 e. The molecule has 0 aliphatic heterocycles. The molecule has 0 aliphatic rings. The zero-order valence-corrected chi connectivity index (χ0v) is 14.7. The van der Waals surface area contributed by atoms with Gasteiger partial charge in [-0.25, -0.2) is 13.1 Å². The Morgan fingerprint density at radius 3 is 2.80 bits per heavy atom. The molecular weight excluding hydrogens is 366 g/mol. The van der Waals surface area contributed by atoms with Crippen molar-refractivity contribution in [3.8, 4) is 0 Å². The summed E-state index contributed by atoms with van der Waals surface area (Å²) in [4.78, 5) is 12.5. The molecule has 3 aromatic rings. The summed E-state index contributed by atoms with van der Waals surface area (Å²) in [6, 6.07) is 9.16. The summed E-state index contributed by atoms with van der Waals surface area (Å²) < 4.78 is 30.1. The van der Waals surface area contributed by atoms with Gasteiger partial charge >= 0.3 is 0 Å². The lowest BCUT2D eigenvalue weighted by atomic mass is 10.2. The summed E-state index contributed by atoms with van der Waals surface area (Å²) >= 11 is 6.04. The lowest BCUT2D eigenvalue weighted by molar-refractivity contribution is 0.102. The number of halogens is 1. The second-order valence-corrected chi connectivity index (χ2v) is 7.74. The van der Waals surface area contributed by atoms with Crippen LogP contribution < -0.4 is 5.32 Å². The Bertz CT molecular complexity index is 1010. The van der Waals surface area contributed by atoms with Crippen LogP contribution in [0.25, 0.3) is 0 Å². The van der Waals surface area contributed by atoms with Crippen LogP contribution in [-0.4, -0.2) is 30.4 Å². The highest BCUT2D eigenvalue weighted by atomic mass is 35.5. The van der Waals surface area contributed by atoms with Gasteiger partial charge in [-0.2, -0.15) is 5.10 Å². The van der Waals surface area contributed by atoms with E-state index in [0.29, 0.717) is 18.1 Å². The number of carbonyl (C=O) groups excluding carboxylic acids is 1. The number of rotatable bonds is 5. The monoisotopic (exact) mass is 379 g/mol. The van der Waals surface area contributed by atoms with Crippen LogP contribution >= 0.6 is 11.6 Å². The second-order valence-electron chi connectivity index (χ2n) is 5.32. The molecule has 1 N–H and O–H groups in total. The van der Waals surface area contributed by atoms with E-state index < -0.39 is 15.7 Å². The van der Waals surface area contributed by atoms with Crippen molar-refractivity contribution in [2.75, 3.05) is 11.6 Å². The van der Waals surface area contributed by atoms with Crippen LogP contribution in [0.15, 0.2) is 58.2 Å². The van der Waals surface area contributed by atoms with Crippen LogP contribution in [0.4, 0.5) is 5.82 Å². The molecule has 3 rings (SSSR count). The van der Waals surface area contributed by atoms with E-state index in [-0.39, 0.29) is 15.5 Å². The molecule has 1 aromatic carbocycles. The van der Waals surface area contributed by atoms with Gasteiger partial charge in [0, 0.05) is 12.3 Å². The van der Waals surface area contributed by atoms with E-state index >= 15 is 0 Å². The van der Waals surface area contributed by atoms with Crippen molar-refractivity contribution in [3.05, 3.63) is 65.2 Å². The minimum Gasteiger partial charge on any atom is -0.467 e. The summed E-state index contributed by atoms with van der Waals surface area (Å²) in [6.07, 6.45) is 4.15. The lowest BCUT2D eigenvalue weighted by Crippen LogP contribution is -2.17. The molecule has 0 saturated carbocycles. The number of aromatic nitrogens is 2. The molecule has 2 aromatic heterocycles. The largest absolute Gasteiger partial charge is 0.467 e. The van der Waals surface area contributed by atoms with Crippen LogP contribution in [0.2, 0.25) is 5.02 Å². The van der Waals surface area contributed by atoms with Crippen LogP contribution in [-0.2, 0) is 16.4 Å². The van der Waals surface area contributed by atoms with Gasteiger partial charge in [-0.1, -0.05) is 11.6 Å². The van der Waals surface area contributed by atoms with Crippen molar-refractivity contribution >= 4 is 33.2 Å². The quantitative estimate of drug-likeness (QED) is 0.735. The number of sulfone groups is 1. The molecule has 0 saturated heterocycles. The third-order valence-corrected chi connectivity index (χ3v) is 4.89. The fourth-order valence-electron chi connectivity index (χ4n) is 2.21. The van der Waals surface area contributed by atoms with Crippen molar-refractivity contribution in [2.24, 2.45) is 0 Å². The molecule has 9 heteroatoms. The molecule has 0 atom stereocenters. The summed E-state index contributed by atoms with van der Waals surface area (Å²) in [6.45, 7) is 0.340. The molecule has 130 valence electrons. The van der Waals surface area contributed by atoms with E-state index in [9.17, 15) is 13.2 Å². The Balaban J connectivity index is 1.85. The van der Waals surface area contributed by atoms with Gasteiger partial charge in [0.15, 0.2) is 9.84 Å². The van der Waals surface area contributed by atoms with Gasteiger partial charge in [-0.05, 0) is 30.3 Å². The zero-order chi connectivity index (χ0) is 18.0. The molecule has 0 aliphatic carbocycles. The van der Waals surface area contributed by atoms with E-state index in [1.165, 1.54) is 24.4 Å². The first kappa shape index (κ1) is 17.2. The number of carbonyl (C=O) groups is 1. The Hall–Kier alpha value is -2.58. The van der Waals surface area contributed by atoms with Crippen molar-refractivity contribution in [1.29, 1.82) is 0 Å². The van der Waals surface area contributed by atoms with Gasteiger partial charge in [-0.15, -0.1) is 0 Å². The van der Waals surface area contributed by atoms with Gasteiger partial charge in [0.1, 0.15) is 18.1 Å². The Morgan fingerprint density at radius 1 is 1.32 bits per heavy atom. The molecule has 0 fully saturated rings. The Morgan fingerprint density at radius 2 is 2.12 bits per heavy atom. The van der Waals surface area contributed by atoms with Gasteiger partial charge in [0.05, 0.1) is 27.9 Å². The number of amides is 1. The fourth-order valence-corrected chi connectivity index (χ4v) is 3.06. The molecule has 25 heavy (non-hydrogen) atoms. The first-order valence-electron chi connectivity index (χ1n) is 7.20. The highest BCUT2D eigenvalue weighted by molar-refractivity contribution is 7.90. The molecular formula is C16H14ClN3O4S. The maximum atomic E-state index is 12.5. The average Bonchev–Trinajstić information content (AvgIpc) is 3.19. The van der Waals surface area contributed by atoms with E-state index in [1.54, 1.807) is 29.1 Å². The number of furan rings is 1. The van der Waals surface area contributed by atoms with E-state index in [1.807, 2.05) is 0 Å². The van der Waals surface area contributed by atoms with Crippen LogP contribution in [0, 0.1) is 0 Å². The minimum absolute atomic E-state index is 0.0196. The predicted molar refractivity (Wildman–Crippen MR) is 92.6 cm³/mol. The minimum atomic E-state index is -3.45. The molecule has 0 unspecified atom stereocenters. The van der Waals surface area contributed by atoms with Crippen molar-refractivity contribution < 1.29 is 17.6 Å². The third-order valence-electron chi connectivity index (χ3n) is 3.45. The number of nitrogens with one attached hydrogen (secondary N) is 1. The van der Waals surface area contributed by atoms with E-state index in [0.717, 1.165) is 6.26 Å². The van der Waals surface area contributed by atoms with Crippen LogP contribution in [0.1, 0.15) is 16.1 Å². The molecule has 0 spiro atoms. The highest BCUT2D eigenvalue weighted by Crippen LogP contribution is 2.22. The molecule has 0 bridgehead atoms. The fraction of sp³-hybridized carbons (Fsp3) is 0.125. The van der Waals surface area contributed by atoms with Crippen LogP contribution in [0.5, 0.6) is 0 Å². The zero-order valence-electron chi connectivity index (χ0n) is 13.1. The van der Waals surface area contributed by atoms with Gasteiger partial charge in [-0.3, -0.25) is 4.79 Å². The van der Waals surface area contributed by atoms with Crippen molar-refractivity contribution in [2.45, 2.75) is 11.4 Å². The number of benzene rings is 1. The summed E-state index contributed by atoms with van der Waals surface area (Å²) in [5.74, 6) is 0.579. The summed E-state index contributed by atoms with van der Waals surface area (Å²) in [5, 5.41) is 6.96. The Kier molecular flexibility index (Phi) is 4.65. The van der Waals surface area contributed by atoms with Gasteiger partial charge < -0.3 is 9.73 Å². The van der Waals surface area contributed by atoms with E-state index in [2.05, 4.69) is 10.4 Å². The van der Waals surface area contributed by atoms with Gasteiger partial charge in [0.2, 0.25) is 0 Å². The number of anilines is 1. The SMILES string of the molecule is CS(=O)(=O)c1ccc(Cl)c(C(=O)Nc2ccnn2Cc2ccco2)c1. The number of hydrogen-bond donors (Lipinski definition) is 1. The van der Waals surface area contributed by atoms with Crippen LogP contribution in [0.3, 0.4) is 0 Å². The normalized spacial score (nSPS) is 11.4. The van der Waals surface area contributed by atoms with Crippen molar-refractivity contribution in [3.63, 3.8) is 0 Å². The molecule has 0 radical (unpaired) electrons. The second kappa shape index (κ2) is 6.73. The predicted octanol–water partition coefficient (Wildman–Crippen LogP) is 2.83. The van der Waals surface area contributed by atoms with Gasteiger partial charge in [0.25, 0.3) is 5.91 Å². The topological polar surface area (TPSA) is 94.2 Å². The Labute approximate surface area is 149 Å². The third kappa shape index (κ3) is 3.92. The standard InChI is InChI=1S/C16H14ClN3O4S/c1-25(22,23)12-4-5-14(17)13(9-12)16(21)19-15-6-7-18-20(15)10-11-3-2-8-24-11/h2-9H,10H2,1H3,(H,19,21). The number of hydrogen-bond acceptors (Lipinski definition) is 5. The first-order valence-corrected chi connectivity index (χ1v) is 9.46. The lowest BCUT2D eigenvalue weighted by Gasteiger charge is -2.10. The highest BCUT2D eigenvalue weighted by Gasteiger charge is 2.17. The van der Waals surface area contributed by atoms with Crippen molar-refractivity contribution in [1.82, 2.24) is 9.78 Å². The molecule has 2 heterocycles. The average molecular weight is 380 g/mol. The maximum absolute atomic E-state index is 12.5. The maximum Gasteiger partial charge on any atom is 0.258 e.